The Morgan fingerprint density at radius 3 is 2.82 bits per heavy atom. The molecule has 1 saturated heterocycles. The maximum atomic E-state index is 9.09. The predicted octanol–water partition coefficient (Wildman–Crippen LogP) is 1.97. The fourth-order valence-electron chi connectivity index (χ4n) is 2.30. The molecule has 0 aromatic carbocycles. The van der Waals surface area contributed by atoms with Gasteiger partial charge in [0.05, 0.1) is 12.3 Å². The molecule has 4 nitrogen and oxygen atoms in total. The van der Waals surface area contributed by atoms with Crippen molar-refractivity contribution in [2.24, 2.45) is 0 Å². The molecular formula is C13H22N2O2. The van der Waals surface area contributed by atoms with Crippen LogP contribution in [0.15, 0.2) is 10.7 Å². The summed E-state index contributed by atoms with van der Waals surface area (Å²) in [4.78, 5) is 6.97. The Hall–Kier alpha value is -0.870. The Labute approximate surface area is 103 Å². The van der Waals surface area contributed by atoms with Crippen LogP contribution in [0.2, 0.25) is 0 Å². The first kappa shape index (κ1) is 12.6. The third kappa shape index (κ3) is 2.87. The number of aliphatic hydroxyl groups is 1. The highest BCUT2D eigenvalue weighted by atomic mass is 16.3. The van der Waals surface area contributed by atoms with Crippen LogP contribution in [0, 0.1) is 0 Å². The summed E-state index contributed by atoms with van der Waals surface area (Å²) in [6.45, 7) is 7.68. The Bertz CT molecular complexity index is 343. The number of likely N-dealkylation sites (tertiary alicyclic amines) is 1. The van der Waals surface area contributed by atoms with E-state index < -0.39 is 0 Å². The summed E-state index contributed by atoms with van der Waals surface area (Å²) in [5.41, 5.74) is 0.875. The van der Waals surface area contributed by atoms with E-state index in [9.17, 15) is 0 Å². The van der Waals surface area contributed by atoms with Gasteiger partial charge in [-0.3, -0.25) is 0 Å². The summed E-state index contributed by atoms with van der Waals surface area (Å²) in [7, 11) is 0. The predicted molar refractivity (Wildman–Crippen MR) is 66.1 cm³/mol. The number of hydrogen-bond donors (Lipinski definition) is 1. The van der Waals surface area contributed by atoms with Crippen LogP contribution in [-0.2, 0) is 0 Å². The first-order chi connectivity index (χ1) is 8.24. The molecule has 1 aliphatic heterocycles. The van der Waals surface area contributed by atoms with Crippen LogP contribution < -0.4 is 0 Å². The molecule has 17 heavy (non-hydrogen) atoms. The molecule has 0 bridgehead atoms. The highest BCUT2D eigenvalue weighted by Crippen LogP contribution is 2.28. The fourth-order valence-corrected chi connectivity index (χ4v) is 2.30. The second-order valence-electron chi connectivity index (χ2n) is 4.90. The molecule has 1 fully saturated rings. The van der Waals surface area contributed by atoms with E-state index in [1.807, 2.05) is 6.92 Å². The normalized spacial score (nSPS) is 20.6. The van der Waals surface area contributed by atoms with Gasteiger partial charge in [0.15, 0.2) is 5.89 Å². The van der Waals surface area contributed by atoms with Gasteiger partial charge >= 0.3 is 0 Å². The van der Waals surface area contributed by atoms with E-state index in [1.54, 1.807) is 6.26 Å². The zero-order chi connectivity index (χ0) is 12.3. The molecule has 1 N–H and O–H groups in total. The van der Waals surface area contributed by atoms with Crippen molar-refractivity contribution in [2.45, 2.75) is 38.5 Å². The summed E-state index contributed by atoms with van der Waals surface area (Å²) >= 11 is 0. The van der Waals surface area contributed by atoms with Gasteiger partial charge in [-0.25, -0.2) is 4.98 Å². The number of aromatic nitrogens is 1. The van der Waals surface area contributed by atoms with Crippen LogP contribution in [0.25, 0.3) is 0 Å². The SMILES string of the molecule is CCN1CCC(c2nc(C(C)CO)co2)CC1. The van der Waals surface area contributed by atoms with Crippen molar-refractivity contribution in [1.29, 1.82) is 0 Å². The number of nitrogens with zero attached hydrogens (tertiary/aromatic N) is 2. The average Bonchev–Trinajstić information content (AvgIpc) is 2.87. The molecular weight excluding hydrogens is 216 g/mol. The topological polar surface area (TPSA) is 49.5 Å². The monoisotopic (exact) mass is 238 g/mol. The summed E-state index contributed by atoms with van der Waals surface area (Å²) in [6.07, 6.45) is 3.95. The van der Waals surface area contributed by atoms with Gasteiger partial charge in [0.25, 0.3) is 0 Å². The number of piperidine rings is 1. The van der Waals surface area contributed by atoms with Crippen molar-refractivity contribution in [3.05, 3.63) is 17.8 Å². The molecule has 1 aromatic rings. The lowest BCUT2D eigenvalue weighted by Crippen LogP contribution is -2.32. The minimum atomic E-state index is 0.0724. The summed E-state index contributed by atoms with van der Waals surface area (Å²) < 4.78 is 5.56. The smallest absolute Gasteiger partial charge is 0.197 e. The van der Waals surface area contributed by atoms with Crippen LogP contribution in [-0.4, -0.2) is 41.2 Å². The van der Waals surface area contributed by atoms with Crippen molar-refractivity contribution in [3.8, 4) is 0 Å². The van der Waals surface area contributed by atoms with Gasteiger partial charge in [0.1, 0.15) is 6.26 Å². The lowest BCUT2D eigenvalue weighted by atomic mass is 9.97. The van der Waals surface area contributed by atoms with Crippen LogP contribution in [0.1, 0.15) is 50.1 Å². The molecule has 2 heterocycles. The van der Waals surface area contributed by atoms with E-state index in [-0.39, 0.29) is 12.5 Å². The van der Waals surface area contributed by atoms with Crippen LogP contribution >= 0.6 is 0 Å². The molecule has 0 radical (unpaired) electrons. The van der Waals surface area contributed by atoms with Crippen molar-refractivity contribution < 1.29 is 9.52 Å². The van der Waals surface area contributed by atoms with Crippen molar-refractivity contribution >= 4 is 0 Å². The first-order valence-electron chi connectivity index (χ1n) is 6.53. The maximum Gasteiger partial charge on any atom is 0.197 e. The third-order valence-electron chi connectivity index (χ3n) is 3.70. The van der Waals surface area contributed by atoms with E-state index in [0.717, 1.165) is 44.1 Å². The Morgan fingerprint density at radius 1 is 1.53 bits per heavy atom. The Morgan fingerprint density at radius 2 is 2.24 bits per heavy atom. The lowest BCUT2D eigenvalue weighted by molar-refractivity contribution is 0.208. The zero-order valence-corrected chi connectivity index (χ0v) is 10.7. The fraction of sp³-hybridized carbons (Fsp3) is 0.769. The molecule has 0 amide bonds. The lowest BCUT2D eigenvalue weighted by Gasteiger charge is -2.29. The largest absolute Gasteiger partial charge is 0.448 e. The molecule has 0 saturated carbocycles. The third-order valence-corrected chi connectivity index (χ3v) is 3.70. The number of rotatable bonds is 4. The van der Waals surface area contributed by atoms with Gasteiger partial charge in [-0.1, -0.05) is 13.8 Å². The first-order valence-corrected chi connectivity index (χ1v) is 6.53. The molecule has 0 spiro atoms. The molecule has 4 heteroatoms. The highest BCUT2D eigenvalue weighted by molar-refractivity contribution is 5.06. The van der Waals surface area contributed by atoms with Crippen LogP contribution in [0.3, 0.4) is 0 Å². The van der Waals surface area contributed by atoms with Gasteiger partial charge in [-0.2, -0.15) is 0 Å². The van der Waals surface area contributed by atoms with Crippen molar-refractivity contribution in [3.63, 3.8) is 0 Å². The molecule has 96 valence electrons. The summed E-state index contributed by atoms with van der Waals surface area (Å²) in [5.74, 6) is 1.39. The molecule has 1 unspecified atom stereocenters. The average molecular weight is 238 g/mol. The van der Waals surface area contributed by atoms with Gasteiger partial charge in [-0.15, -0.1) is 0 Å². The molecule has 1 aromatic heterocycles. The van der Waals surface area contributed by atoms with E-state index in [4.69, 9.17) is 9.52 Å². The second kappa shape index (κ2) is 5.65. The highest BCUT2D eigenvalue weighted by Gasteiger charge is 2.24. The Kier molecular flexibility index (Phi) is 4.18. The second-order valence-corrected chi connectivity index (χ2v) is 4.90. The quantitative estimate of drug-likeness (QED) is 0.871. The molecule has 0 aliphatic carbocycles. The standard InChI is InChI=1S/C13H22N2O2/c1-3-15-6-4-11(5-7-15)13-14-12(9-17-13)10(2)8-16/h9-11,16H,3-8H2,1-2H3. The van der Waals surface area contributed by atoms with E-state index in [1.165, 1.54) is 0 Å². The van der Waals surface area contributed by atoms with E-state index >= 15 is 0 Å². The van der Waals surface area contributed by atoms with E-state index in [0.29, 0.717) is 5.92 Å². The summed E-state index contributed by atoms with van der Waals surface area (Å²) in [5, 5.41) is 9.09. The van der Waals surface area contributed by atoms with Gasteiger partial charge < -0.3 is 14.4 Å². The van der Waals surface area contributed by atoms with E-state index in [2.05, 4.69) is 16.8 Å². The molecule has 1 aliphatic rings. The van der Waals surface area contributed by atoms with Crippen molar-refractivity contribution in [2.75, 3.05) is 26.2 Å². The molecule has 1 atom stereocenters. The van der Waals surface area contributed by atoms with Gasteiger partial charge in [0.2, 0.25) is 0 Å². The minimum Gasteiger partial charge on any atom is -0.448 e. The zero-order valence-electron chi connectivity index (χ0n) is 10.7. The number of oxazole rings is 1. The van der Waals surface area contributed by atoms with Crippen LogP contribution in [0.4, 0.5) is 0 Å². The Balaban J connectivity index is 1.97. The van der Waals surface area contributed by atoms with Gasteiger partial charge in [-0.05, 0) is 32.5 Å². The summed E-state index contributed by atoms with van der Waals surface area (Å²) in [6, 6.07) is 0. The van der Waals surface area contributed by atoms with Crippen LogP contribution in [0.5, 0.6) is 0 Å². The maximum absolute atomic E-state index is 9.09. The molecule has 2 rings (SSSR count). The number of hydrogen-bond acceptors (Lipinski definition) is 4. The number of aliphatic hydroxyl groups excluding tert-OH is 1. The van der Waals surface area contributed by atoms with Gasteiger partial charge in [0, 0.05) is 11.8 Å². The minimum absolute atomic E-state index is 0.0724. The van der Waals surface area contributed by atoms with Crippen molar-refractivity contribution in [1.82, 2.24) is 9.88 Å².